The average molecular weight is 530 g/mol. The lowest BCUT2D eigenvalue weighted by Crippen LogP contribution is -2.50. The van der Waals surface area contributed by atoms with Gasteiger partial charge in [-0.3, -0.25) is 13.9 Å². The summed E-state index contributed by atoms with van der Waals surface area (Å²) in [7, 11) is -3.51. The van der Waals surface area contributed by atoms with E-state index in [1.165, 1.54) is 10.6 Å². The van der Waals surface area contributed by atoms with Gasteiger partial charge >= 0.3 is 0 Å². The van der Waals surface area contributed by atoms with Gasteiger partial charge in [0.15, 0.2) is 0 Å². The number of sulfonamides is 1. The van der Waals surface area contributed by atoms with Crippen LogP contribution in [0.2, 0.25) is 0 Å². The Balaban J connectivity index is 2.15. The van der Waals surface area contributed by atoms with E-state index < -0.39 is 16.1 Å². The van der Waals surface area contributed by atoms with Gasteiger partial charge in [0.05, 0.1) is 11.9 Å². The second-order valence-corrected chi connectivity index (χ2v) is 11.5. The van der Waals surface area contributed by atoms with Gasteiger partial charge in [0.2, 0.25) is 21.8 Å². The van der Waals surface area contributed by atoms with Crippen molar-refractivity contribution < 1.29 is 18.0 Å². The van der Waals surface area contributed by atoms with Crippen LogP contribution in [0.15, 0.2) is 48.5 Å². The van der Waals surface area contributed by atoms with E-state index in [0.717, 1.165) is 29.5 Å². The molecule has 0 aliphatic heterocycles. The molecule has 2 rings (SSSR count). The smallest absolute Gasteiger partial charge is 0.242 e. The Morgan fingerprint density at radius 3 is 2.24 bits per heavy atom. The molecule has 2 aromatic carbocycles. The van der Waals surface area contributed by atoms with E-state index in [9.17, 15) is 18.0 Å². The fourth-order valence-corrected chi connectivity index (χ4v) is 5.24. The second kappa shape index (κ2) is 14.8. The van der Waals surface area contributed by atoms with Crippen molar-refractivity contribution in [1.29, 1.82) is 0 Å². The van der Waals surface area contributed by atoms with E-state index >= 15 is 0 Å². The molecule has 0 heterocycles. The van der Waals surface area contributed by atoms with Gasteiger partial charge < -0.3 is 10.2 Å². The molecule has 0 aliphatic rings. The van der Waals surface area contributed by atoms with Crippen molar-refractivity contribution in [2.75, 3.05) is 30.2 Å². The van der Waals surface area contributed by atoms with Gasteiger partial charge in [-0.25, -0.2) is 8.42 Å². The summed E-state index contributed by atoms with van der Waals surface area (Å²) in [6.07, 6.45) is 4.72. The number of aryl methyl sites for hydroxylation is 2. The first-order chi connectivity index (χ1) is 17.6. The Kier molecular flexibility index (Phi) is 12.1. The maximum atomic E-state index is 13.4. The van der Waals surface area contributed by atoms with Crippen molar-refractivity contribution in [2.24, 2.45) is 0 Å². The number of carbonyl (C=O) groups is 2. The number of hydrogen-bond acceptors (Lipinski definition) is 4. The molecular weight excluding hydrogens is 486 g/mol. The van der Waals surface area contributed by atoms with Crippen LogP contribution in [0.5, 0.6) is 0 Å². The summed E-state index contributed by atoms with van der Waals surface area (Å²) in [6.45, 7) is 9.12. The zero-order chi connectivity index (χ0) is 27.4. The summed E-state index contributed by atoms with van der Waals surface area (Å²) in [5, 5.41) is 2.97. The number of nitrogens with one attached hydrogen (secondary N) is 1. The van der Waals surface area contributed by atoms with Crippen molar-refractivity contribution in [3.63, 3.8) is 0 Å². The van der Waals surface area contributed by atoms with Crippen LogP contribution < -0.4 is 9.62 Å². The van der Waals surface area contributed by atoms with Gasteiger partial charge in [-0.05, 0) is 68.4 Å². The highest BCUT2D eigenvalue weighted by Gasteiger charge is 2.28. The van der Waals surface area contributed by atoms with Gasteiger partial charge in [-0.15, -0.1) is 0 Å². The monoisotopic (exact) mass is 529 g/mol. The lowest BCUT2D eigenvalue weighted by Gasteiger charge is -2.31. The number of nitrogens with zero attached hydrogens (tertiary/aromatic N) is 2. The molecule has 1 atom stereocenters. The summed E-state index contributed by atoms with van der Waals surface area (Å²) in [4.78, 5) is 28.1. The summed E-state index contributed by atoms with van der Waals surface area (Å²) < 4.78 is 26.4. The molecule has 8 heteroatoms. The Bertz CT molecular complexity index is 1120. The van der Waals surface area contributed by atoms with Crippen molar-refractivity contribution in [3.05, 3.63) is 65.2 Å². The van der Waals surface area contributed by atoms with Crippen molar-refractivity contribution in [2.45, 2.75) is 72.3 Å². The predicted octanol–water partition coefficient (Wildman–Crippen LogP) is 4.62. The third-order valence-electron chi connectivity index (χ3n) is 6.63. The molecule has 0 aromatic heterocycles. The van der Waals surface area contributed by atoms with E-state index in [0.29, 0.717) is 38.0 Å². The Hall–Kier alpha value is -2.87. The van der Waals surface area contributed by atoms with Crippen LogP contribution in [-0.2, 0) is 26.0 Å². The third-order valence-corrected chi connectivity index (χ3v) is 7.82. The lowest BCUT2D eigenvalue weighted by atomic mass is 10.1. The molecule has 1 N–H and O–H groups in total. The maximum absolute atomic E-state index is 13.4. The van der Waals surface area contributed by atoms with Crippen LogP contribution in [-0.4, -0.2) is 57.1 Å². The van der Waals surface area contributed by atoms with Crippen LogP contribution in [0, 0.1) is 13.8 Å². The van der Waals surface area contributed by atoms with E-state index in [1.54, 1.807) is 11.0 Å². The van der Waals surface area contributed by atoms with E-state index in [1.807, 2.05) is 63.2 Å². The Morgan fingerprint density at radius 2 is 1.65 bits per heavy atom. The molecule has 0 saturated heterocycles. The largest absolute Gasteiger partial charge is 0.354 e. The van der Waals surface area contributed by atoms with Crippen molar-refractivity contribution in [1.82, 2.24) is 10.2 Å². The SMILES string of the molecule is CCCCNC(=O)[C@H](CC)N(CCc1ccccc1)C(=O)CCCN(c1ccc(C)c(C)c1)S(C)(=O)=O. The highest BCUT2D eigenvalue weighted by atomic mass is 32.2. The molecule has 0 unspecified atom stereocenters. The molecule has 0 radical (unpaired) electrons. The number of anilines is 1. The molecule has 0 fully saturated rings. The average Bonchev–Trinajstić information content (AvgIpc) is 2.86. The van der Waals surface area contributed by atoms with Crippen LogP contribution in [0.1, 0.15) is 62.6 Å². The second-order valence-electron chi connectivity index (χ2n) is 9.60. The zero-order valence-corrected chi connectivity index (χ0v) is 23.8. The quantitative estimate of drug-likeness (QED) is 0.341. The molecule has 37 heavy (non-hydrogen) atoms. The fourth-order valence-electron chi connectivity index (χ4n) is 4.29. The van der Waals surface area contributed by atoms with E-state index in [-0.39, 0.29) is 24.8 Å². The lowest BCUT2D eigenvalue weighted by molar-refractivity contribution is -0.140. The van der Waals surface area contributed by atoms with Crippen LogP contribution >= 0.6 is 0 Å². The summed E-state index contributed by atoms with van der Waals surface area (Å²) in [6, 6.07) is 14.9. The summed E-state index contributed by atoms with van der Waals surface area (Å²) in [5.74, 6) is -0.271. The first kappa shape index (κ1) is 30.4. The standard InChI is InChI=1S/C29H43N3O4S/c1-6-8-19-30-29(34)27(7-2)31(21-18-25-13-10-9-11-14-25)28(33)15-12-20-32(37(5,35)36)26-17-16-23(3)24(4)22-26/h9-11,13-14,16-17,22,27H,6-8,12,15,18-21H2,1-5H3,(H,30,34)/t27-/m0/s1. The van der Waals surface area contributed by atoms with Gasteiger partial charge in [-0.2, -0.15) is 0 Å². The molecule has 0 bridgehead atoms. The number of carbonyl (C=O) groups excluding carboxylic acids is 2. The maximum Gasteiger partial charge on any atom is 0.242 e. The highest BCUT2D eigenvalue weighted by molar-refractivity contribution is 7.92. The minimum Gasteiger partial charge on any atom is -0.354 e. The number of unbranched alkanes of at least 4 members (excludes halogenated alkanes) is 1. The molecule has 0 saturated carbocycles. The molecule has 7 nitrogen and oxygen atoms in total. The molecular formula is C29H43N3O4S. The highest BCUT2D eigenvalue weighted by Crippen LogP contribution is 2.22. The fraction of sp³-hybridized carbons (Fsp3) is 0.517. The first-order valence-electron chi connectivity index (χ1n) is 13.2. The number of amides is 2. The summed E-state index contributed by atoms with van der Waals surface area (Å²) in [5.41, 5.74) is 3.79. The van der Waals surface area contributed by atoms with Crippen LogP contribution in [0.4, 0.5) is 5.69 Å². The third kappa shape index (κ3) is 9.50. The minimum atomic E-state index is -3.51. The van der Waals surface area contributed by atoms with Crippen LogP contribution in [0.3, 0.4) is 0 Å². The Morgan fingerprint density at radius 1 is 0.946 bits per heavy atom. The molecule has 2 aromatic rings. The normalized spacial score (nSPS) is 12.1. The molecule has 204 valence electrons. The van der Waals surface area contributed by atoms with Crippen molar-refractivity contribution in [3.8, 4) is 0 Å². The van der Waals surface area contributed by atoms with Gasteiger partial charge in [0.25, 0.3) is 0 Å². The molecule has 2 amide bonds. The summed E-state index contributed by atoms with van der Waals surface area (Å²) >= 11 is 0. The molecule has 0 aliphatic carbocycles. The number of benzene rings is 2. The molecule has 0 spiro atoms. The predicted molar refractivity (Wildman–Crippen MR) is 151 cm³/mol. The van der Waals surface area contributed by atoms with Gasteiger partial charge in [0.1, 0.15) is 6.04 Å². The number of rotatable bonds is 15. The van der Waals surface area contributed by atoms with Gasteiger partial charge in [-0.1, -0.05) is 56.7 Å². The topological polar surface area (TPSA) is 86.8 Å². The van der Waals surface area contributed by atoms with Crippen LogP contribution in [0.25, 0.3) is 0 Å². The Labute approximate surface area is 223 Å². The van der Waals surface area contributed by atoms with Gasteiger partial charge in [0, 0.05) is 26.1 Å². The van der Waals surface area contributed by atoms with E-state index in [2.05, 4.69) is 12.2 Å². The van der Waals surface area contributed by atoms with Crippen molar-refractivity contribution >= 4 is 27.5 Å². The minimum absolute atomic E-state index is 0.134. The zero-order valence-electron chi connectivity index (χ0n) is 23.0. The number of hydrogen-bond donors (Lipinski definition) is 1. The first-order valence-corrected chi connectivity index (χ1v) is 15.1. The van der Waals surface area contributed by atoms with E-state index in [4.69, 9.17) is 0 Å².